The Labute approximate surface area is 180 Å². The molecule has 4 rings (SSSR count). The Morgan fingerprint density at radius 1 is 1.10 bits per heavy atom. The monoisotopic (exact) mass is 421 g/mol. The maximum atomic E-state index is 13.6. The van der Waals surface area contributed by atoms with E-state index < -0.39 is 5.92 Å². The Morgan fingerprint density at radius 2 is 1.84 bits per heavy atom. The van der Waals surface area contributed by atoms with Gasteiger partial charge in [0.1, 0.15) is 0 Å². The summed E-state index contributed by atoms with van der Waals surface area (Å²) in [6.07, 6.45) is -0.259. The van der Waals surface area contributed by atoms with Crippen molar-refractivity contribution in [1.82, 2.24) is 10.2 Å². The first-order valence-corrected chi connectivity index (χ1v) is 10.4. The van der Waals surface area contributed by atoms with E-state index in [0.717, 1.165) is 33.3 Å². The molecule has 160 valence electrons. The first-order valence-electron chi connectivity index (χ1n) is 10.4. The van der Waals surface area contributed by atoms with Crippen LogP contribution in [0.25, 0.3) is 10.8 Å². The lowest BCUT2D eigenvalue weighted by Gasteiger charge is -2.33. The van der Waals surface area contributed by atoms with Crippen LogP contribution in [0, 0.1) is 25.2 Å². The largest absolute Gasteiger partial charge is 0.371 e. The molecule has 0 bridgehead atoms. The van der Waals surface area contributed by atoms with Gasteiger partial charge in [-0.15, -0.1) is 5.10 Å². The molecule has 2 aromatic carbocycles. The second-order valence-corrected chi connectivity index (χ2v) is 8.20. The van der Waals surface area contributed by atoms with Crippen LogP contribution in [-0.4, -0.2) is 29.2 Å². The topological polar surface area (TPSA) is 64.8 Å². The highest BCUT2D eigenvalue weighted by Crippen LogP contribution is 2.34. The van der Waals surface area contributed by atoms with Gasteiger partial charge in [0.25, 0.3) is 5.92 Å². The van der Waals surface area contributed by atoms with Crippen molar-refractivity contribution < 1.29 is 8.78 Å². The van der Waals surface area contributed by atoms with Crippen molar-refractivity contribution in [2.24, 2.45) is 0 Å². The second kappa shape index (κ2) is 8.10. The van der Waals surface area contributed by atoms with Gasteiger partial charge in [-0.05, 0) is 50.1 Å². The van der Waals surface area contributed by atoms with E-state index in [1.807, 2.05) is 56.0 Å². The van der Waals surface area contributed by atoms with Crippen LogP contribution < -0.4 is 10.2 Å². The van der Waals surface area contributed by atoms with Crippen LogP contribution >= 0.6 is 0 Å². The molecule has 1 atom stereocenters. The molecule has 0 amide bonds. The van der Waals surface area contributed by atoms with Crippen LogP contribution in [-0.2, 0) is 0 Å². The van der Waals surface area contributed by atoms with E-state index in [9.17, 15) is 14.0 Å². The van der Waals surface area contributed by atoms with E-state index in [1.54, 1.807) is 6.07 Å². The molecule has 7 heteroatoms. The molecule has 1 unspecified atom stereocenters. The number of halogens is 2. The van der Waals surface area contributed by atoms with Crippen molar-refractivity contribution in [3.05, 3.63) is 58.8 Å². The quantitative estimate of drug-likeness (QED) is 0.600. The second-order valence-electron chi connectivity index (χ2n) is 8.20. The molecule has 0 aliphatic carbocycles. The molecule has 1 aromatic heterocycles. The Hall–Kier alpha value is -3.27. The van der Waals surface area contributed by atoms with Gasteiger partial charge in [-0.1, -0.05) is 18.2 Å². The lowest BCUT2D eigenvalue weighted by atomic mass is 9.98. The predicted molar refractivity (Wildman–Crippen MR) is 119 cm³/mol. The number of rotatable bonds is 4. The Balaban J connectivity index is 1.68. The molecule has 1 saturated heterocycles. The third-order valence-corrected chi connectivity index (χ3v) is 6.12. The van der Waals surface area contributed by atoms with Crippen molar-refractivity contribution in [2.45, 2.75) is 45.6 Å². The lowest BCUT2D eigenvalue weighted by Crippen LogP contribution is -2.39. The van der Waals surface area contributed by atoms with Crippen molar-refractivity contribution in [1.29, 1.82) is 5.26 Å². The number of hydrogen-bond acceptors (Lipinski definition) is 5. The third kappa shape index (κ3) is 4.15. The molecule has 1 aliphatic heterocycles. The van der Waals surface area contributed by atoms with Gasteiger partial charge in [0.05, 0.1) is 23.4 Å². The van der Waals surface area contributed by atoms with Crippen LogP contribution in [0.15, 0.2) is 36.4 Å². The average molecular weight is 421 g/mol. The number of alkyl halides is 2. The van der Waals surface area contributed by atoms with Gasteiger partial charge in [0, 0.05) is 42.4 Å². The van der Waals surface area contributed by atoms with Crippen molar-refractivity contribution in [3.8, 4) is 6.07 Å². The number of piperidine rings is 1. The SMILES string of the molecule is Cc1c(C#N)cccc1C(C)Nc1nnc(C)c2ccc(N3CCC(F)(F)CC3)cc12. The zero-order valence-corrected chi connectivity index (χ0v) is 17.9. The van der Waals surface area contributed by atoms with Gasteiger partial charge < -0.3 is 10.2 Å². The molecule has 5 nitrogen and oxygen atoms in total. The fourth-order valence-corrected chi connectivity index (χ4v) is 4.20. The highest BCUT2D eigenvalue weighted by molar-refractivity contribution is 5.95. The van der Waals surface area contributed by atoms with Crippen LogP contribution in [0.4, 0.5) is 20.3 Å². The number of benzene rings is 2. The van der Waals surface area contributed by atoms with Gasteiger partial charge in [-0.2, -0.15) is 10.4 Å². The molecule has 0 saturated carbocycles. The van der Waals surface area contributed by atoms with E-state index >= 15 is 0 Å². The van der Waals surface area contributed by atoms with E-state index in [4.69, 9.17) is 0 Å². The normalized spacial score (nSPS) is 16.7. The molecule has 2 heterocycles. The maximum absolute atomic E-state index is 13.6. The standard InChI is InChI=1S/C24H25F2N5/c1-15-18(14-27)5-4-6-20(15)16(2)28-23-22-13-19(7-8-21(22)17(3)29-30-23)31-11-9-24(25,26)10-12-31/h4-8,13,16H,9-12H2,1-3H3,(H,28,30). The molecule has 1 N–H and O–H groups in total. The summed E-state index contributed by atoms with van der Waals surface area (Å²) in [5.41, 5.74) is 4.32. The minimum atomic E-state index is -2.58. The molecule has 3 aromatic rings. The summed E-state index contributed by atoms with van der Waals surface area (Å²) >= 11 is 0. The Bertz CT molecular complexity index is 1160. The minimum Gasteiger partial charge on any atom is -0.371 e. The maximum Gasteiger partial charge on any atom is 0.251 e. The first-order chi connectivity index (χ1) is 14.8. The number of aromatic nitrogens is 2. The van der Waals surface area contributed by atoms with E-state index in [-0.39, 0.29) is 18.9 Å². The number of fused-ring (bicyclic) bond motifs is 1. The predicted octanol–water partition coefficient (Wildman–Crippen LogP) is 5.53. The van der Waals surface area contributed by atoms with Crippen LogP contribution in [0.5, 0.6) is 0 Å². The highest BCUT2D eigenvalue weighted by atomic mass is 19.3. The summed E-state index contributed by atoms with van der Waals surface area (Å²) in [5, 5.41) is 23.3. The minimum absolute atomic E-state index is 0.0918. The number of nitrogens with zero attached hydrogens (tertiary/aromatic N) is 4. The fourth-order valence-electron chi connectivity index (χ4n) is 4.20. The number of nitrogens with one attached hydrogen (secondary N) is 1. The highest BCUT2D eigenvalue weighted by Gasteiger charge is 2.34. The van der Waals surface area contributed by atoms with Crippen molar-refractivity contribution >= 4 is 22.3 Å². The van der Waals surface area contributed by atoms with Crippen molar-refractivity contribution in [2.75, 3.05) is 23.3 Å². The van der Waals surface area contributed by atoms with E-state index in [1.165, 1.54) is 0 Å². The number of hydrogen-bond donors (Lipinski definition) is 1. The van der Waals surface area contributed by atoms with E-state index in [0.29, 0.717) is 24.5 Å². The summed E-state index contributed by atoms with van der Waals surface area (Å²) in [6, 6.07) is 13.8. The van der Waals surface area contributed by atoms with Crippen LogP contribution in [0.1, 0.15) is 48.2 Å². The van der Waals surface area contributed by atoms with Gasteiger partial charge in [0.2, 0.25) is 0 Å². The molecule has 0 spiro atoms. The Morgan fingerprint density at radius 3 is 2.55 bits per heavy atom. The van der Waals surface area contributed by atoms with Crippen LogP contribution in [0.2, 0.25) is 0 Å². The number of anilines is 2. The molecular weight excluding hydrogens is 396 g/mol. The third-order valence-electron chi connectivity index (χ3n) is 6.12. The summed E-state index contributed by atoms with van der Waals surface area (Å²) in [5.74, 6) is -1.94. The zero-order valence-electron chi connectivity index (χ0n) is 17.9. The fraction of sp³-hybridized carbons (Fsp3) is 0.375. The van der Waals surface area contributed by atoms with Crippen molar-refractivity contribution in [3.63, 3.8) is 0 Å². The number of nitriles is 1. The Kier molecular flexibility index (Phi) is 5.48. The molecular formula is C24H25F2N5. The lowest BCUT2D eigenvalue weighted by molar-refractivity contribution is -0.0220. The smallest absolute Gasteiger partial charge is 0.251 e. The summed E-state index contributed by atoms with van der Waals surface area (Å²) in [7, 11) is 0. The van der Waals surface area contributed by atoms with Gasteiger partial charge in [-0.3, -0.25) is 0 Å². The molecule has 1 aliphatic rings. The first kappa shape index (κ1) is 21.0. The summed E-state index contributed by atoms with van der Waals surface area (Å²) < 4.78 is 27.2. The number of aryl methyl sites for hydroxylation is 1. The van der Waals surface area contributed by atoms with E-state index in [2.05, 4.69) is 21.6 Å². The van der Waals surface area contributed by atoms with Crippen LogP contribution in [0.3, 0.4) is 0 Å². The summed E-state index contributed by atoms with van der Waals surface area (Å²) in [4.78, 5) is 2.00. The molecule has 31 heavy (non-hydrogen) atoms. The molecule has 1 fully saturated rings. The summed E-state index contributed by atoms with van der Waals surface area (Å²) in [6.45, 7) is 6.53. The van der Waals surface area contributed by atoms with Gasteiger partial charge >= 0.3 is 0 Å². The van der Waals surface area contributed by atoms with Gasteiger partial charge in [-0.25, -0.2) is 8.78 Å². The average Bonchev–Trinajstić information content (AvgIpc) is 2.75. The molecule has 0 radical (unpaired) electrons. The van der Waals surface area contributed by atoms with Gasteiger partial charge in [0.15, 0.2) is 5.82 Å². The zero-order chi connectivity index (χ0) is 22.2.